The Kier molecular flexibility index (Phi) is 4.42. The second kappa shape index (κ2) is 6.23. The first-order valence-electron chi connectivity index (χ1n) is 7.56. The highest BCUT2D eigenvalue weighted by Gasteiger charge is 2.31. The number of sulfone groups is 1. The molecule has 130 valence electrons. The van der Waals surface area contributed by atoms with Crippen LogP contribution in [0.3, 0.4) is 0 Å². The Balaban J connectivity index is 2.14. The fourth-order valence-electron chi connectivity index (χ4n) is 3.19. The molecular formula is C16H16F3NO3S. The van der Waals surface area contributed by atoms with Crippen molar-refractivity contribution in [2.45, 2.75) is 42.9 Å². The summed E-state index contributed by atoms with van der Waals surface area (Å²) in [5.74, 6) is -1.59. The van der Waals surface area contributed by atoms with Crippen molar-refractivity contribution < 1.29 is 26.1 Å². The summed E-state index contributed by atoms with van der Waals surface area (Å²) >= 11 is 0. The molecular weight excluding hydrogens is 343 g/mol. The van der Waals surface area contributed by atoms with E-state index in [4.69, 9.17) is 4.52 Å². The quantitative estimate of drug-likeness (QED) is 0.808. The molecule has 1 fully saturated rings. The summed E-state index contributed by atoms with van der Waals surface area (Å²) in [5, 5.41) is 3.80. The summed E-state index contributed by atoms with van der Waals surface area (Å²) in [4.78, 5) is -0.469. The zero-order valence-corrected chi connectivity index (χ0v) is 13.7. The largest absolute Gasteiger partial charge is 0.354 e. The van der Waals surface area contributed by atoms with Gasteiger partial charge in [-0.2, -0.15) is 0 Å². The second-order valence-corrected chi connectivity index (χ2v) is 7.99. The van der Waals surface area contributed by atoms with Crippen LogP contribution in [0, 0.1) is 5.82 Å². The summed E-state index contributed by atoms with van der Waals surface area (Å²) in [6.07, 6.45) is 1.57. The summed E-state index contributed by atoms with van der Waals surface area (Å²) in [7, 11) is -3.73. The molecule has 1 aliphatic rings. The maximum absolute atomic E-state index is 14.2. The van der Waals surface area contributed by atoms with Crippen molar-refractivity contribution in [3.63, 3.8) is 0 Å². The second-order valence-electron chi connectivity index (χ2n) is 6.01. The molecule has 1 saturated carbocycles. The third-order valence-corrected chi connectivity index (χ3v) is 5.44. The number of halogens is 3. The molecule has 0 unspecified atom stereocenters. The fourth-order valence-corrected chi connectivity index (χ4v) is 3.92. The maximum Gasteiger partial charge on any atom is 0.298 e. The zero-order valence-electron chi connectivity index (χ0n) is 12.9. The van der Waals surface area contributed by atoms with Crippen molar-refractivity contribution in [3.05, 3.63) is 35.5 Å². The topological polar surface area (TPSA) is 60.2 Å². The minimum atomic E-state index is -3.73. The first kappa shape index (κ1) is 17.0. The lowest BCUT2D eigenvalue weighted by atomic mass is 9.94. The van der Waals surface area contributed by atoms with Crippen molar-refractivity contribution in [1.82, 2.24) is 5.16 Å². The van der Waals surface area contributed by atoms with Crippen LogP contribution in [0.4, 0.5) is 13.2 Å². The molecule has 0 saturated heterocycles. The van der Waals surface area contributed by atoms with Gasteiger partial charge in [0, 0.05) is 12.2 Å². The number of benzene rings is 1. The minimum absolute atomic E-state index is 0.00565. The Morgan fingerprint density at radius 3 is 2.46 bits per heavy atom. The van der Waals surface area contributed by atoms with Gasteiger partial charge in [-0.15, -0.1) is 0 Å². The number of hydrogen-bond acceptors (Lipinski definition) is 4. The average molecular weight is 359 g/mol. The van der Waals surface area contributed by atoms with Crippen LogP contribution in [0.2, 0.25) is 0 Å². The highest BCUT2D eigenvalue weighted by molar-refractivity contribution is 7.90. The zero-order chi connectivity index (χ0) is 17.5. The normalized spacial score (nSPS) is 16.2. The maximum atomic E-state index is 14.2. The Morgan fingerprint density at radius 2 is 1.92 bits per heavy atom. The average Bonchev–Trinajstić information content (AvgIpc) is 3.14. The molecule has 3 rings (SSSR count). The van der Waals surface area contributed by atoms with Crippen LogP contribution in [0.5, 0.6) is 0 Å². The molecule has 0 amide bonds. The molecule has 0 radical (unpaired) electrons. The molecule has 1 aliphatic carbocycles. The van der Waals surface area contributed by atoms with Crippen LogP contribution < -0.4 is 0 Å². The van der Waals surface area contributed by atoms with Crippen molar-refractivity contribution in [2.75, 3.05) is 6.26 Å². The monoisotopic (exact) mass is 359 g/mol. The first-order valence-corrected chi connectivity index (χ1v) is 9.45. The number of aromatic nitrogens is 1. The lowest BCUT2D eigenvalue weighted by molar-refractivity contribution is 0.112. The lowest BCUT2D eigenvalue weighted by Crippen LogP contribution is -2.02. The molecule has 2 aromatic rings. The van der Waals surface area contributed by atoms with E-state index < -0.39 is 32.7 Å². The summed E-state index contributed by atoms with van der Waals surface area (Å²) in [6.45, 7) is 0. The van der Waals surface area contributed by atoms with E-state index in [1.54, 1.807) is 0 Å². The highest BCUT2D eigenvalue weighted by Crippen LogP contribution is 2.43. The molecule has 4 nitrogen and oxygen atoms in total. The van der Waals surface area contributed by atoms with Crippen LogP contribution in [-0.2, 0) is 9.84 Å². The molecule has 0 aliphatic heterocycles. The Labute approximate surface area is 137 Å². The fraction of sp³-hybridized carbons (Fsp3) is 0.438. The standard InChI is InChI=1S/C16H16F3NO3S/c1-24(21,22)12-7-6-10(8-11(12)17)13-14(9-4-2-3-5-9)20-23-15(13)16(18)19/h6-9,16H,2-5H2,1H3. The van der Waals surface area contributed by atoms with Crippen LogP contribution >= 0.6 is 0 Å². The van der Waals surface area contributed by atoms with Crippen molar-refractivity contribution >= 4 is 9.84 Å². The molecule has 0 bridgehead atoms. The van der Waals surface area contributed by atoms with E-state index in [-0.39, 0.29) is 17.0 Å². The molecule has 1 aromatic carbocycles. The van der Waals surface area contributed by atoms with Gasteiger partial charge in [0.2, 0.25) is 5.76 Å². The van der Waals surface area contributed by atoms with Gasteiger partial charge in [0.05, 0.1) is 11.3 Å². The third-order valence-electron chi connectivity index (χ3n) is 4.30. The molecule has 1 aromatic heterocycles. The van der Waals surface area contributed by atoms with Gasteiger partial charge in [0.25, 0.3) is 6.43 Å². The molecule has 1 heterocycles. The first-order chi connectivity index (χ1) is 11.3. The highest BCUT2D eigenvalue weighted by atomic mass is 32.2. The van der Waals surface area contributed by atoms with E-state index in [0.717, 1.165) is 44.1 Å². The number of hydrogen-bond donors (Lipinski definition) is 0. The van der Waals surface area contributed by atoms with Crippen LogP contribution in [0.1, 0.15) is 49.5 Å². The molecule has 0 spiro atoms. The van der Waals surface area contributed by atoms with Gasteiger partial charge in [0.1, 0.15) is 10.7 Å². The summed E-state index contributed by atoms with van der Waals surface area (Å²) in [6, 6.07) is 3.35. The van der Waals surface area contributed by atoms with Gasteiger partial charge in [-0.05, 0) is 30.5 Å². The predicted octanol–water partition coefficient (Wildman–Crippen LogP) is 4.48. The predicted molar refractivity (Wildman–Crippen MR) is 81.2 cm³/mol. The van der Waals surface area contributed by atoms with Gasteiger partial charge < -0.3 is 4.52 Å². The van der Waals surface area contributed by atoms with E-state index in [1.165, 1.54) is 6.07 Å². The van der Waals surface area contributed by atoms with E-state index in [2.05, 4.69) is 5.16 Å². The summed E-state index contributed by atoms with van der Waals surface area (Å²) in [5.41, 5.74) is 0.628. The van der Waals surface area contributed by atoms with Gasteiger partial charge in [-0.1, -0.05) is 24.1 Å². The van der Waals surface area contributed by atoms with Crippen molar-refractivity contribution in [2.24, 2.45) is 0 Å². The van der Waals surface area contributed by atoms with Gasteiger partial charge in [-0.3, -0.25) is 0 Å². The Hall–Kier alpha value is -1.83. The third kappa shape index (κ3) is 3.07. The minimum Gasteiger partial charge on any atom is -0.354 e. The van der Waals surface area contributed by atoms with Crippen molar-refractivity contribution in [3.8, 4) is 11.1 Å². The van der Waals surface area contributed by atoms with Crippen LogP contribution in [0.15, 0.2) is 27.6 Å². The number of rotatable bonds is 4. The Bertz CT molecular complexity index is 855. The smallest absolute Gasteiger partial charge is 0.298 e. The SMILES string of the molecule is CS(=O)(=O)c1ccc(-c2c(C3CCCC3)noc2C(F)F)cc1F. The van der Waals surface area contributed by atoms with Gasteiger partial charge in [-0.25, -0.2) is 21.6 Å². The molecule has 24 heavy (non-hydrogen) atoms. The van der Waals surface area contributed by atoms with Crippen molar-refractivity contribution in [1.29, 1.82) is 0 Å². The van der Waals surface area contributed by atoms with Crippen LogP contribution in [-0.4, -0.2) is 19.8 Å². The Morgan fingerprint density at radius 1 is 1.25 bits per heavy atom. The van der Waals surface area contributed by atoms with Gasteiger partial charge in [0.15, 0.2) is 9.84 Å². The van der Waals surface area contributed by atoms with E-state index in [9.17, 15) is 21.6 Å². The number of alkyl halides is 2. The van der Waals surface area contributed by atoms with E-state index in [0.29, 0.717) is 5.69 Å². The molecule has 0 N–H and O–H groups in total. The van der Waals surface area contributed by atoms with Gasteiger partial charge >= 0.3 is 0 Å². The summed E-state index contributed by atoms with van der Waals surface area (Å²) < 4.78 is 68.5. The number of nitrogens with zero attached hydrogens (tertiary/aromatic N) is 1. The lowest BCUT2D eigenvalue weighted by Gasteiger charge is -2.10. The van der Waals surface area contributed by atoms with E-state index >= 15 is 0 Å². The molecule has 8 heteroatoms. The van der Waals surface area contributed by atoms with E-state index in [1.807, 2.05) is 0 Å². The molecule has 0 atom stereocenters. The van der Waals surface area contributed by atoms with Crippen LogP contribution in [0.25, 0.3) is 11.1 Å².